The van der Waals surface area contributed by atoms with Crippen molar-refractivity contribution >= 4 is 43.4 Å². The lowest BCUT2D eigenvalue weighted by atomic mass is 9.84. The van der Waals surface area contributed by atoms with Crippen LogP contribution in [0.5, 0.6) is 0 Å². The van der Waals surface area contributed by atoms with Crippen LogP contribution in [0.2, 0.25) is 0 Å². The number of fused-ring (bicyclic) bond motifs is 4. The van der Waals surface area contributed by atoms with E-state index in [0.29, 0.717) is 16.7 Å². The Kier molecular flexibility index (Phi) is 5.32. The molecule has 9 rings (SSSR count). The summed E-state index contributed by atoms with van der Waals surface area (Å²) in [6.07, 6.45) is -2.65. The maximum Gasteiger partial charge on any atom is 0.114 e. The molecule has 0 radical (unpaired) electrons. The molecule has 0 atom stereocenters. The summed E-state index contributed by atoms with van der Waals surface area (Å²) in [5.41, 5.74) is 8.63. The molecule has 47 heavy (non-hydrogen) atoms. The number of benzene rings is 8. The van der Waals surface area contributed by atoms with Crippen molar-refractivity contribution in [1.29, 1.82) is 0 Å². The van der Waals surface area contributed by atoms with Crippen LogP contribution >= 0.6 is 0 Å². The number of rotatable bonds is 5. The summed E-state index contributed by atoms with van der Waals surface area (Å²) in [5.74, 6) is -0.142. The third-order valence-corrected chi connectivity index (χ3v) is 9.30. The van der Waals surface area contributed by atoms with E-state index in [4.69, 9.17) is 6.85 Å². The molecule has 222 valence electrons. The number of aryl methyl sites for hydroxylation is 1. The summed E-state index contributed by atoms with van der Waals surface area (Å²) < 4.78 is 42.4. The fourth-order valence-electron chi connectivity index (χ4n) is 7.18. The Hall–Kier alpha value is -5.99. The third kappa shape index (κ3) is 4.45. The van der Waals surface area contributed by atoms with Crippen molar-refractivity contribution < 1.29 is 6.85 Å². The normalized spacial score (nSPS) is 13.7. The molecule has 1 aromatic heterocycles. The second-order valence-corrected chi connectivity index (χ2v) is 11.9. The lowest BCUT2D eigenvalue weighted by Crippen LogP contribution is -1.99. The van der Waals surface area contributed by atoms with E-state index in [1.807, 2.05) is 42.5 Å². The van der Waals surface area contributed by atoms with Gasteiger partial charge in [0, 0.05) is 18.9 Å². The summed E-state index contributed by atoms with van der Waals surface area (Å²) in [6, 6.07) is 56.1. The van der Waals surface area contributed by atoms with Gasteiger partial charge in [-0.15, -0.1) is 0 Å². The number of para-hydroxylation sites is 2. The topological polar surface area (TPSA) is 17.8 Å². The maximum absolute atomic E-state index is 8.52. The highest BCUT2D eigenvalue weighted by atomic mass is 15.1. The van der Waals surface area contributed by atoms with Gasteiger partial charge >= 0.3 is 0 Å². The first-order chi connectivity index (χ1) is 25.2. The van der Waals surface area contributed by atoms with Gasteiger partial charge in [-0.2, -0.15) is 0 Å². The average molecular weight is 606 g/mol. The highest BCUT2D eigenvalue weighted by Gasteiger charge is 2.18. The average Bonchev–Trinajstić information content (AvgIpc) is 3.57. The molecule has 2 heteroatoms. The Morgan fingerprint density at radius 1 is 0.511 bits per heavy atom. The van der Waals surface area contributed by atoms with E-state index < -0.39 is 13.2 Å². The molecule has 0 fully saturated rings. The van der Waals surface area contributed by atoms with E-state index in [0.717, 1.165) is 16.7 Å². The van der Waals surface area contributed by atoms with Crippen LogP contribution in [-0.2, 0) is 6.37 Å². The van der Waals surface area contributed by atoms with Crippen molar-refractivity contribution in [2.45, 2.75) is 13.2 Å². The second kappa shape index (κ2) is 11.1. The predicted octanol–water partition coefficient (Wildman–Crippen LogP) is 12.0. The molecule has 0 unspecified atom stereocenters. The summed E-state index contributed by atoms with van der Waals surface area (Å²) >= 11 is 0. The summed E-state index contributed by atoms with van der Waals surface area (Å²) in [7, 11) is 0. The summed E-state index contributed by atoms with van der Waals surface area (Å²) in [5, 5.41) is 7.26. The quantitative estimate of drug-likeness (QED) is 0.178. The van der Waals surface area contributed by atoms with E-state index in [9.17, 15) is 0 Å². The zero-order chi connectivity index (χ0) is 35.6. The number of imidazole rings is 1. The van der Waals surface area contributed by atoms with Gasteiger partial charge in [0.25, 0.3) is 0 Å². The Morgan fingerprint density at radius 2 is 1.04 bits per heavy atom. The highest BCUT2D eigenvalue weighted by Crippen LogP contribution is 2.45. The van der Waals surface area contributed by atoms with Gasteiger partial charge in [-0.3, -0.25) is 4.57 Å². The first-order valence-corrected chi connectivity index (χ1v) is 15.8. The molecule has 0 aliphatic rings. The minimum Gasteiger partial charge on any atom is -0.296 e. The van der Waals surface area contributed by atoms with E-state index in [-0.39, 0.29) is 5.82 Å². The molecule has 0 saturated heterocycles. The third-order valence-electron chi connectivity index (χ3n) is 9.30. The van der Waals surface area contributed by atoms with Gasteiger partial charge in [0.2, 0.25) is 0 Å². The summed E-state index contributed by atoms with van der Waals surface area (Å²) in [4.78, 5) is 4.45. The predicted molar refractivity (Wildman–Crippen MR) is 199 cm³/mol. The van der Waals surface area contributed by atoms with Crippen LogP contribution in [0.25, 0.3) is 82.4 Å². The van der Waals surface area contributed by atoms with E-state index >= 15 is 0 Å². The Morgan fingerprint density at radius 3 is 1.72 bits per heavy atom. The molecule has 0 aliphatic carbocycles. The minimum absolute atomic E-state index is 0.142. The van der Waals surface area contributed by atoms with Crippen LogP contribution in [0.4, 0.5) is 0 Å². The molecule has 0 bridgehead atoms. The van der Waals surface area contributed by atoms with Gasteiger partial charge in [-0.25, -0.2) is 4.98 Å². The Balaban J connectivity index is 1.14. The maximum atomic E-state index is 8.52. The fourth-order valence-corrected chi connectivity index (χ4v) is 7.18. The Bertz CT molecular complexity index is 2740. The molecule has 1 heterocycles. The van der Waals surface area contributed by atoms with E-state index in [1.165, 1.54) is 49.0 Å². The van der Waals surface area contributed by atoms with Crippen molar-refractivity contribution in [1.82, 2.24) is 9.55 Å². The van der Waals surface area contributed by atoms with Crippen LogP contribution in [0.15, 0.2) is 164 Å². The number of hydrogen-bond donors (Lipinski definition) is 0. The number of aromatic nitrogens is 2. The van der Waals surface area contributed by atoms with Crippen LogP contribution in [0.1, 0.15) is 19.5 Å². The molecule has 2 nitrogen and oxygen atoms in total. The molecular weight excluding hydrogens is 569 g/mol. The number of nitrogens with zero attached hydrogens (tertiary/aromatic N) is 2. The van der Waals surface area contributed by atoms with E-state index in [2.05, 4.69) is 120 Å². The SMILES string of the molecule is [2H]C([2H])([2H])C([2H])([2H])c1nc2ccccc2n1-c1ccc(-c2ccc(-c3c4ccccc4c(-c4cccc5ccccc45)c4ccccc34)cc2)cc1. The Labute approximate surface area is 281 Å². The standard InChI is InChI=1S/C45H32N2/c1-2-43-46-41-20-9-10-21-42(41)47(43)34-28-26-31(27-29-34)30-22-24-33(25-23-30)44-37-15-5-7-17-39(37)45(40-18-8-6-16-38(40)44)36-19-11-13-32-12-3-4-14-35(32)36/h3-29H,2H2,1H3/i1D3,2D2. The minimum atomic E-state index is -2.89. The van der Waals surface area contributed by atoms with Gasteiger partial charge in [0.15, 0.2) is 0 Å². The molecule has 0 spiro atoms. The smallest absolute Gasteiger partial charge is 0.114 e. The first-order valence-electron chi connectivity index (χ1n) is 18.3. The van der Waals surface area contributed by atoms with Gasteiger partial charge in [0.05, 0.1) is 11.0 Å². The second-order valence-electron chi connectivity index (χ2n) is 11.9. The molecule has 0 aliphatic heterocycles. The first kappa shape index (κ1) is 22.5. The molecule has 0 saturated carbocycles. The van der Waals surface area contributed by atoms with Crippen LogP contribution < -0.4 is 0 Å². The molecular formula is C45H32N2. The largest absolute Gasteiger partial charge is 0.296 e. The van der Waals surface area contributed by atoms with Crippen molar-refractivity contribution in [3.05, 3.63) is 170 Å². The van der Waals surface area contributed by atoms with E-state index in [1.54, 1.807) is 10.6 Å². The lowest BCUT2D eigenvalue weighted by Gasteiger charge is -2.19. The van der Waals surface area contributed by atoms with Gasteiger partial charge < -0.3 is 0 Å². The molecule has 9 aromatic rings. The summed E-state index contributed by atoms with van der Waals surface area (Å²) in [6.45, 7) is -2.89. The van der Waals surface area contributed by atoms with Gasteiger partial charge in [-0.05, 0) is 90.0 Å². The molecule has 8 aromatic carbocycles. The lowest BCUT2D eigenvalue weighted by molar-refractivity contribution is 0.908. The zero-order valence-corrected chi connectivity index (χ0v) is 25.5. The van der Waals surface area contributed by atoms with Crippen molar-refractivity contribution in [3.63, 3.8) is 0 Å². The molecule has 0 N–H and O–H groups in total. The van der Waals surface area contributed by atoms with Crippen LogP contribution in [0.3, 0.4) is 0 Å². The van der Waals surface area contributed by atoms with Crippen molar-refractivity contribution in [2.24, 2.45) is 0 Å². The van der Waals surface area contributed by atoms with Crippen molar-refractivity contribution in [3.8, 4) is 39.1 Å². The fraction of sp³-hybridized carbons (Fsp3) is 0.0444. The highest BCUT2D eigenvalue weighted by molar-refractivity contribution is 6.23. The zero-order valence-electron chi connectivity index (χ0n) is 30.5. The molecule has 0 amide bonds. The van der Waals surface area contributed by atoms with Crippen molar-refractivity contribution in [2.75, 3.05) is 0 Å². The number of hydrogen-bond acceptors (Lipinski definition) is 1. The van der Waals surface area contributed by atoms with Crippen LogP contribution in [0, 0.1) is 0 Å². The van der Waals surface area contributed by atoms with Gasteiger partial charge in [-0.1, -0.05) is 146 Å². The van der Waals surface area contributed by atoms with Gasteiger partial charge in [0.1, 0.15) is 5.82 Å². The van der Waals surface area contributed by atoms with Crippen LogP contribution in [-0.4, -0.2) is 9.55 Å². The monoisotopic (exact) mass is 605 g/mol.